The van der Waals surface area contributed by atoms with Crippen LogP contribution in [-0.2, 0) is 0 Å². The maximum atomic E-state index is 4.71. The Morgan fingerprint density at radius 2 is 2.04 bits per heavy atom. The van der Waals surface area contributed by atoms with Crippen LogP contribution in [0.25, 0.3) is 5.57 Å². The normalized spacial score (nSPS) is 18.4. The van der Waals surface area contributed by atoms with Gasteiger partial charge in [0.2, 0.25) is 5.95 Å². The molecule has 2 aliphatic rings. The lowest BCUT2D eigenvalue weighted by Crippen LogP contribution is -2.47. The zero-order valence-electron chi connectivity index (χ0n) is 14.1. The molecule has 1 saturated heterocycles. The average Bonchev–Trinajstić information content (AvgIpc) is 3.10. The minimum Gasteiger partial charge on any atom is -0.351 e. The van der Waals surface area contributed by atoms with Gasteiger partial charge in [0.15, 0.2) is 5.96 Å². The van der Waals surface area contributed by atoms with Gasteiger partial charge in [-0.3, -0.25) is 0 Å². The Morgan fingerprint density at radius 1 is 1.24 bits per heavy atom. The molecule has 0 unspecified atom stereocenters. The third-order valence-electron chi connectivity index (χ3n) is 4.36. The zero-order valence-corrected chi connectivity index (χ0v) is 15.0. The van der Waals surface area contributed by atoms with E-state index in [9.17, 15) is 0 Å². The number of nitrogens with zero attached hydrogens (tertiary/aromatic N) is 5. The van der Waals surface area contributed by atoms with E-state index >= 15 is 0 Å². The largest absolute Gasteiger partial charge is 0.351 e. The Morgan fingerprint density at radius 3 is 2.68 bits per heavy atom. The molecule has 4 rings (SSSR count). The van der Waals surface area contributed by atoms with E-state index in [-0.39, 0.29) is 0 Å². The smallest absolute Gasteiger partial charge is 0.222 e. The summed E-state index contributed by atoms with van der Waals surface area (Å²) in [5.74, 6) is 1.67. The maximum Gasteiger partial charge on any atom is 0.222 e. The Labute approximate surface area is 150 Å². The molecular weight excluding hydrogens is 334 g/mol. The number of nitrogens with one attached hydrogen (secondary N) is 2. The molecule has 0 saturated carbocycles. The van der Waals surface area contributed by atoms with Crippen molar-refractivity contribution < 1.29 is 0 Å². The standard InChI is InChI=1S/C17H21N7S/c1-12-11-25-15(22-12)13-9-20-17(21-10-13)24-7-3-14(4-8-24)23-16-18-5-2-6-19-16/h2,5-6,9,11,14H,3-4,7-8,10H2,1H3,(H,20,21)(H,18,19,23). The van der Waals surface area contributed by atoms with Crippen molar-refractivity contribution in [1.29, 1.82) is 0 Å². The molecule has 8 heteroatoms. The molecule has 1 fully saturated rings. The number of rotatable bonds is 3. The van der Waals surface area contributed by atoms with Crippen LogP contribution in [0.4, 0.5) is 5.95 Å². The van der Waals surface area contributed by atoms with E-state index in [1.165, 1.54) is 0 Å². The highest BCUT2D eigenvalue weighted by Crippen LogP contribution is 2.21. The SMILES string of the molecule is Cc1csc(C2=CNC(N3CCC(Nc4ncccn4)CC3)=NC2)n1. The van der Waals surface area contributed by atoms with E-state index in [0.717, 1.165) is 48.2 Å². The predicted molar refractivity (Wildman–Crippen MR) is 101 cm³/mol. The van der Waals surface area contributed by atoms with Crippen LogP contribution in [0.2, 0.25) is 0 Å². The lowest BCUT2D eigenvalue weighted by atomic mass is 10.1. The van der Waals surface area contributed by atoms with Gasteiger partial charge in [0.25, 0.3) is 0 Å². The van der Waals surface area contributed by atoms with Gasteiger partial charge in [0.1, 0.15) is 5.01 Å². The maximum absolute atomic E-state index is 4.71. The first kappa shape index (κ1) is 16.0. The molecule has 7 nitrogen and oxygen atoms in total. The molecule has 0 aromatic carbocycles. The second-order valence-electron chi connectivity index (χ2n) is 6.23. The van der Waals surface area contributed by atoms with E-state index in [2.05, 4.69) is 35.9 Å². The molecule has 130 valence electrons. The van der Waals surface area contributed by atoms with Crippen LogP contribution in [0.15, 0.2) is 35.0 Å². The fourth-order valence-electron chi connectivity index (χ4n) is 3.02. The van der Waals surface area contributed by atoms with Gasteiger partial charge in [-0.2, -0.15) is 0 Å². The number of thiazole rings is 1. The van der Waals surface area contributed by atoms with Crippen LogP contribution < -0.4 is 10.6 Å². The molecule has 0 amide bonds. The van der Waals surface area contributed by atoms with Gasteiger partial charge in [-0.15, -0.1) is 11.3 Å². The minimum absolute atomic E-state index is 0.409. The van der Waals surface area contributed by atoms with Gasteiger partial charge in [0.05, 0.1) is 6.54 Å². The van der Waals surface area contributed by atoms with Crippen molar-refractivity contribution in [2.24, 2.45) is 4.99 Å². The van der Waals surface area contributed by atoms with E-state index in [1.807, 2.05) is 19.2 Å². The summed E-state index contributed by atoms with van der Waals surface area (Å²) in [6.07, 6.45) is 7.66. The highest BCUT2D eigenvalue weighted by Gasteiger charge is 2.23. The number of aryl methyl sites for hydroxylation is 1. The average molecular weight is 355 g/mol. The Kier molecular flexibility index (Phi) is 4.60. The molecule has 0 bridgehead atoms. The first-order chi connectivity index (χ1) is 12.3. The molecule has 25 heavy (non-hydrogen) atoms. The van der Waals surface area contributed by atoms with Gasteiger partial charge >= 0.3 is 0 Å². The summed E-state index contributed by atoms with van der Waals surface area (Å²) < 4.78 is 0. The van der Waals surface area contributed by atoms with Crippen molar-refractivity contribution >= 4 is 28.8 Å². The van der Waals surface area contributed by atoms with Crippen molar-refractivity contribution in [1.82, 2.24) is 25.2 Å². The van der Waals surface area contributed by atoms with Crippen LogP contribution in [0.1, 0.15) is 23.5 Å². The van der Waals surface area contributed by atoms with E-state index in [4.69, 9.17) is 4.99 Å². The highest BCUT2D eigenvalue weighted by atomic mass is 32.1. The third kappa shape index (κ3) is 3.79. The van der Waals surface area contributed by atoms with Gasteiger partial charge < -0.3 is 15.5 Å². The fraction of sp³-hybridized carbons (Fsp3) is 0.412. The predicted octanol–water partition coefficient (Wildman–Crippen LogP) is 2.12. The highest BCUT2D eigenvalue weighted by molar-refractivity contribution is 7.10. The molecule has 0 spiro atoms. The number of aliphatic imine (C=N–C) groups is 1. The van der Waals surface area contributed by atoms with Crippen LogP contribution in [0, 0.1) is 6.92 Å². The minimum atomic E-state index is 0.409. The molecule has 2 N–H and O–H groups in total. The van der Waals surface area contributed by atoms with Gasteiger partial charge in [-0.05, 0) is 25.8 Å². The number of anilines is 1. The lowest BCUT2D eigenvalue weighted by Gasteiger charge is -2.35. The summed E-state index contributed by atoms with van der Waals surface area (Å²) in [7, 11) is 0. The van der Waals surface area contributed by atoms with Crippen molar-refractivity contribution in [3.8, 4) is 0 Å². The molecule has 2 aromatic rings. The summed E-state index contributed by atoms with van der Waals surface area (Å²) in [6, 6.07) is 2.24. The van der Waals surface area contributed by atoms with Gasteiger partial charge in [-0.1, -0.05) is 0 Å². The van der Waals surface area contributed by atoms with Crippen LogP contribution in [0.3, 0.4) is 0 Å². The van der Waals surface area contributed by atoms with E-state index < -0.39 is 0 Å². The Hall–Kier alpha value is -2.48. The fourth-order valence-corrected chi connectivity index (χ4v) is 3.82. The number of likely N-dealkylation sites (tertiary alicyclic amines) is 1. The van der Waals surface area contributed by atoms with Crippen molar-refractivity contribution in [3.05, 3.63) is 40.7 Å². The summed E-state index contributed by atoms with van der Waals surface area (Å²) in [6.45, 7) is 4.64. The number of piperidine rings is 1. The Balaban J connectivity index is 1.29. The summed E-state index contributed by atoms with van der Waals surface area (Å²) in [5, 5.41) is 9.88. The number of guanidine groups is 1. The molecular formula is C17H21N7S. The van der Waals surface area contributed by atoms with Crippen molar-refractivity contribution in [2.75, 3.05) is 25.0 Å². The third-order valence-corrected chi connectivity index (χ3v) is 5.40. The molecule has 0 radical (unpaired) electrons. The van der Waals surface area contributed by atoms with Crippen LogP contribution in [-0.4, -0.2) is 51.5 Å². The molecule has 2 aliphatic heterocycles. The van der Waals surface area contributed by atoms with E-state index in [0.29, 0.717) is 18.5 Å². The zero-order chi connectivity index (χ0) is 17.1. The second-order valence-corrected chi connectivity index (χ2v) is 7.08. The first-order valence-electron chi connectivity index (χ1n) is 8.49. The first-order valence-corrected chi connectivity index (χ1v) is 9.37. The number of aromatic nitrogens is 3. The summed E-state index contributed by atoms with van der Waals surface area (Å²) >= 11 is 1.67. The summed E-state index contributed by atoms with van der Waals surface area (Å²) in [5.41, 5.74) is 2.22. The van der Waals surface area contributed by atoms with Crippen molar-refractivity contribution in [3.63, 3.8) is 0 Å². The Bertz CT molecular complexity index is 775. The second kappa shape index (κ2) is 7.18. The number of hydrogen-bond acceptors (Lipinski definition) is 8. The quantitative estimate of drug-likeness (QED) is 0.878. The van der Waals surface area contributed by atoms with Gasteiger partial charge in [0, 0.05) is 54.4 Å². The summed E-state index contributed by atoms with van der Waals surface area (Å²) in [4.78, 5) is 20.0. The topological polar surface area (TPSA) is 78.3 Å². The molecule has 2 aromatic heterocycles. The molecule has 4 heterocycles. The molecule has 0 aliphatic carbocycles. The number of hydrogen-bond donors (Lipinski definition) is 2. The van der Waals surface area contributed by atoms with Crippen LogP contribution >= 0.6 is 11.3 Å². The van der Waals surface area contributed by atoms with Gasteiger partial charge in [-0.25, -0.2) is 19.9 Å². The van der Waals surface area contributed by atoms with Crippen molar-refractivity contribution in [2.45, 2.75) is 25.8 Å². The van der Waals surface area contributed by atoms with E-state index in [1.54, 1.807) is 23.7 Å². The molecule has 0 atom stereocenters. The monoisotopic (exact) mass is 355 g/mol. The lowest BCUT2D eigenvalue weighted by molar-refractivity contribution is 0.316. The van der Waals surface area contributed by atoms with Crippen LogP contribution in [0.5, 0.6) is 0 Å².